The Morgan fingerprint density at radius 3 is 2.90 bits per heavy atom. The number of rotatable bonds is 3. The molecular formula is C13H16ClN3O3. The molecule has 1 aliphatic rings. The molecule has 1 aromatic carbocycles. The van der Waals surface area contributed by atoms with Gasteiger partial charge in [-0.2, -0.15) is 0 Å². The summed E-state index contributed by atoms with van der Waals surface area (Å²) in [6, 6.07) is 4.75. The molecule has 1 aromatic rings. The molecular weight excluding hydrogens is 282 g/mol. The van der Waals surface area contributed by atoms with Crippen LogP contribution in [0.15, 0.2) is 18.2 Å². The maximum atomic E-state index is 12.0. The van der Waals surface area contributed by atoms with Crippen LogP contribution in [0.5, 0.6) is 0 Å². The van der Waals surface area contributed by atoms with Crippen molar-refractivity contribution in [3.05, 3.63) is 28.8 Å². The summed E-state index contributed by atoms with van der Waals surface area (Å²) in [6.07, 6.45) is -0.525. The van der Waals surface area contributed by atoms with Gasteiger partial charge in [0.25, 0.3) is 11.8 Å². The van der Waals surface area contributed by atoms with Gasteiger partial charge in [-0.1, -0.05) is 11.6 Å². The highest BCUT2D eigenvalue weighted by molar-refractivity contribution is 6.34. The lowest BCUT2D eigenvalue weighted by Gasteiger charge is -2.22. The van der Waals surface area contributed by atoms with Crippen LogP contribution in [-0.2, 0) is 9.53 Å². The van der Waals surface area contributed by atoms with Crippen molar-refractivity contribution in [1.29, 1.82) is 0 Å². The second-order valence-corrected chi connectivity index (χ2v) is 4.73. The summed E-state index contributed by atoms with van der Waals surface area (Å²) in [5.41, 5.74) is 0.821. The van der Waals surface area contributed by atoms with Crippen molar-refractivity contribution in [2.45, 2.75) is 6.10 Å². The SMILES string of the molecule is CNC(=O)c1cc(NC(=O)C2CNCCO2)ccc1Cl. The summed E-state index contributed by atoms with van der Waals surface area (Å²) in [4.78, 5) is 23.6. The number of amides is 2. The summed E-state index contributed by atoms with van der Waals surface area (Å²) in [5, 5.41) is 8.62. The average molecular weight is 298 g/mol. The molecule has 2 rings (SSSR count). The molecule has 108 valence electrons. The minimum atomic E-state index is -0.525. The number of halogens is 1. The van der Waals surface area contributed by atoms with E-state index in [1.807, 2.05) is 0 Å². The fourth-order valence-electron chi connectivity index (χ4n) is 1.87. The fourth-order valence-corrected chi connectivity index (χ4v) is 2.07. The van der Waals surface area contributed by atoms with Crippen molar-refractivity contribution in [3.8, 4) is 0 Å². The largest absolute Gasteiger partial charge is 0.366 e. The number of ether oxygens (including phenoxy) is 1. The first-order valence-electron chi connectivity index (χ1n) is 6.26. The van der Waals surface area contributed by atoms with Crippen molar-refractivity contribution in [3.63, 3.8) is 0 Å². The summed E-state index contributed by atoms with van der Waals surface area (Å²) in [5.74, 6) is -0.552. The second-order valence-electron chi connectivity index (χ2n) is 4.33. The summed E-state index contributed by atoms with van der Waals surface area (Å²) < 4.78 is 5.35. The van der Waals surface area contributed by atoms with Gasteiger partial charge in [0.05, 0.1) is 17.2 Å². The van der Waals surface area contributed by atoms with Crippen LogP contribution in [-0.4, -0.2) is 44.7 Å². The molecule has 6 nitrogen and oxygen atoms in total. The van der Waals surface area contributed by atoms with E-state index < -0.39 is 6.10 Å². The van der Waals surface area contributed by atoms with E-state index >= 15 is 0 Å². The first-order valence-corrected chi connectivity index (χ1v) is 6.64. The van der Waals surface area contributed by atoms with Crippen LogP contribution in [0.2, 0.25) is 5.02 Å². The maximum Gasteiger partial charge on any atom is 0.254 e. The number of carbonyl (C=O) groups is 2. The zero-order chi connectivity index (χ0) is 14.5. The number of benzene rings is 1. The van der Waals surface area contributed by atoms with Crippen LogP contribution >= 0.6 is 11.6 Å². The lowest BCUT2D eigenvalue weighted by Crippen LogP contribution is -2.45. The Hall–Kier alpha value is -1.63. The molecule has 1 unspecified atom stereocenters. The van der Waals surface area contributed by atoms with Gasteiger partial charge in [-0.05, 0) is 18.2 Å². The minimum Gasteiger partial charge on any atom is -0.366 e. The second kappa shape index (κ2) is 6.69. The van der Waals surface area contributed by atoms with Crippen molar-refractivity contribution in [2.75, 3.05) is 32.1 Å². The maximum absolute atomic E-state index is 12.0. The van der Waals surface area contributed by atoms with E-state index in [1.165, 1.54) is 13.1 Å². The Morgan fingerprint density at radius 1 is 1.45 bits per heavy atom. The predicted molar refractivity (Wildman–Crippen MR) is 76.1 cm³/mol. The standard InChI is InChI=1S/C13H16ClN3O3/c1-15-12(18)9-6-8(2-3-10(9)14)17-13(19)11-7-16-4-5-20-11/h2-3,6,11,16H,4-5,7H2,1H3,(H,15,18)(H,17,19). The molecule has 0 aromatic heterocycles. The van der Waals surface area contributed by atoms with Gasteiger partial charge in [0.15, 0.2) is 0 Å². The quantitative estimate of drug-likeness (QED) is 0.764. The van der Waals surface area contributed by atoms with E-state index in [0.717, 1.165) is 6.54 Å². The molecule has 20 heavy (non-hydrogen) atoms. The molecule has 0 saturated carbocycles. The lowest BCUT2D eigenvalue weighted by molar-refractivity contribution is -0.128. The first-order chi connectivity index (χ1) is 9.61. The van der Waals surface area contributed by atoms with E-state index in [0.29, 0.717) is 29.4 Å². The highest BCUT2D eigenvalue weighted by atomic mass is 35.5. The number of hydrogen-bond acceptors (Lipinski definition) is 4. The van der Waals surface area contributed by atoms with E-state index in [-0.39, 0.29) is 11.8 Å². The van der Waals surface area contributed by atoms with Gasteiger partial charge in [-0.15, -0.1) is 0 Å². The van der Waals surface area contributed by atoms with E-state index in [4.69, 9.17) is 16.3 Å². The Labute approximate surface area is 121 Å². The van der Waals surface area contributed by atoms with Gasteiger partial charge < -0.3 is 20.7 Å². The third-order valence-corrected chi connectivity index (χ3v) is 3.26. The Bertz CT molecular complexity index is 516. The van der Waals surface area contributed by atoms with Crippen molar-refractivity contribution < 1.29 is 14.3 Å². The molecule has 1 saturated heterocycles. The normalized spacial score (nSPS) is 18.4. The van der Waals surface area contributed by atoms with E-state index in [2.05, 4.69) is 16.0 Å². The minimum absolute atomic E-state index is 0.248. The van der Waals surface area contributed by atoms with Crippen molar-refractivity contribution in [1.82, 2.24) is 10.6 Å². The highest BCUT2D eigenvalue weighted by Crippen LogP contribution is 2.20. The summed E-state index contributed by atoms with van der Waals surface area (Å²) in [6.45, 7) is 1.72. The number of morpholine rings is 1. The Kier molecular flexibility index (Phi) is 4.94. The molecule has 2 amide bonds. The van der Waals surface area contributed by atoms with Crippen LogP contribution in [0.3, 0.4) is 0 Å². The molecule has 0 radical (unpaired) electrons. The summed E-state index contributed by atoms with van der Waals surface area (Å²) in [7, 11) is 1.52. The molecule has 1 atom stereocenters. The van der Waals surface area contributed by atoms with Crippen LogP contribution in [0.4, 0.5) is 5.69 Å². The number of nitrogens with one attached hydrogen (secondary N) is 3. The van der Waals surface area contributed by atoms with Crippen molar-refractivity contribution in [2.24, 2.45) is 0 Å². The molecule has 1 fully saturated rings. The third-order valence-electron chi connectivity index (χ3n) is 2.93. The summed E-state index contributed by atoms with van der Waals surface area (Å²) >= 11 is 5.95. The molecule has 0 aliphatic carbocycles. The van der Waals surface area contributed by atoms with Crippen LogP contribution < -0.4 is 16.0 Å². The van der Waals surface area contributed by atoms with Crippen LogP contribution in [0.25, 0.3) is 0 Å². The number of anilines is 1. The molecule has 3 N–H and O–H groups in total. The van der Waals surface area contributed by atoms with Gasteiger partial charge in [0.2, 0.25) is 0 Å². The molecule has 0 bridgehead atoms. The monoisotopic (exact) mass is 297 g/mol. The molecule has 0 spiro atoms. The topological polar surface area (TPSA) is 79.5 Å². The van der Waals surface area contributed by atoms with E-state index in [1.54, 1.807) is 12.1 Å². The number of carbonyl (C=O) groups excluding carboxylic acids is 2. The third kappa shape index (κ3) is 3.47. The average Bonchev–Trinajstić information content (AvgIpc) is 2.49. The molecule has 1 aliphatic heterocycles. The van der Waals surface area contributed by atoms with Crippen molar-refractivity contribution >= 4 is 29.1 Å². The smallest absolute Gasteiger partial charge is 0.254 e. The van der Waals surface area contributed by atoms with Gasteiger partial charge in [-0.3, -0.25) is 9.59 Å². The predicted octanol–water partition coefficient (Wildman–Crippen LogP) is 0.626. The highest BCUT2D eigenvalue weighted by Gasteiger charge is 2.22. The lowest BCUT2D eigenvalue weighted by atomic mass is 10.1. The van der Waals surface area contributed by atoms with Gasteiger partial charge in [0.1, 0.15) is 6.10 Å². The zero-order valence-electron chi connectivity index (χ0n) is 11.0. The van der Waals surface area contributed by atoms with E-state index in [9.17, 15) is 9.59 Å². The van der Waals surface area contributed by atoms with Gasteiger partial charge in [0, 0.05) is 25.8 Å². The first kappa shape index (κ1) is 14.8. The number of hydrogen-bond donors (Lipinski definition) is 3. The fraction of sp³-hybridized carbons (Fsp3) is 0.385. The Balaban J connectivity index is 2.09. The molecule has 7 heteroatoms. The van der Waals surface area contributed by atoms with Crippen LogP contribution in [0, 0.1) is 0 Å². The zero-order valence-corrected chi connectivity index (χ0v) is 11.8. The van der Waals surface area contributed by atoms with Gasteiger partial charge in [-0.25, -0.2) is 0 Å². The molecule has 1 heterocycles. The van der Waals surface area contributed by atoms with Gasteiger partial charge >= 0.3 is 0 Å². The Morgan fingerprint density at radius 2 is 2.25 bits per heavy atom. The van der Waals surface area contributed by atoms with Crippen LogP contribution in [0.1, 0.15) is 10.4 Å².